The first-order valence-electron chi connectivity index (χ1n) is 10.1. The van der Waals surface area contributed by atoms with Crippen LogP contribution >= 0.6 is 24.0 Å². The summed E-state index contributed by atoms with van der Waals surface area (Å²) in [6, 6.07) is 4.13. The summed E-state index contributed by atoms with van der Waals surface area (Å²) in [5.74, 6) is 1.90. The van der Waals surface area contributed by atoms with E-state index in [1.165, 1.54) is 5.56 Å². The van der Waals surface area contributed by atoms with Crippen molar-refractivity contribution < 1.29 is 4.74 Å². The van der Waals surface area contributed by atoms with Crippen molar-refractivity contribution in [3.63, 3.8) is 0 Å². The van der Waals surface area contributed by atoms with E-state index in [4.69, 9.17) is 9.73 Å². The van der Waals surface area contributed by atoms with Crippen LogP contribution in [0.15, 0.2) is 23.3 Å². The van der Waals surface area contributed by atoms with Crippen molar-refractivity contribution in [1.82, 2.24) is 20.5 Å². The van der Waals surface area contributed by atoms with Crippen LogP contribution in [0.3, 0.4) is 0 Å². The summed E-state index contributed by atoms with van der Waals surface area (Å²) < 4.78 is 5.87. The summed E-state index contributed by atoms with van der Waals surface area (Å²) >= 11 is 0. The number of likely N-dealkylation sites (N-methyl/N-ethyl adjacent to an activating group) is 1. The Morgan fingerprint density at radius 2 is 2.07 bits per heavy atom. The SMILES string of the molecule is CCNC(=NCc1cccnc1N1CCN(C)CC1)NCC1(C)CCCO1.I. The molecule has 3 rings (SSSR count). The molecule has 1 aromatic heterocycles. The highest BCUT2D eigenvalue weighted by Gasteiger charge is 2.29. The van der Waals surface area contributed by atoms with Crippen LogP contribution in [0.2, 0.25) is 0 Å². The number of pyridine rings is 1. The zero-order chi connectivity index (χ0) is 19.1. The van der Waals surface area contributed by atoms with E-state index in [0.717, 1.165) is 70.5 Å². The Bertz CT molecular complexity index is 627. The van der Waals surface area contributed by atoms with Crippen molar-refractivity contribution in [2.24, 2.45) is 4.99 Å². The van der Waals surface area contributed by atoms with Crippen molar-refractivity contribution >= 4 is 35.8 Å². The Balaban J connectivity index is 0.00000280. The number of nitrogens with zero attached hydrogens (tertiary/aromatic N) is 4. The van der Waals surface area contributed by atoms with Gasteiger partial charge in [0.15, 0.2) is 5.96 Å². The minimum atomic E-state index is -0.0878. The van der Waals surface area contributed by atoms with Gasteiger partial charge in [-0.05, 0) is 39.8 Å². The second kappa shape index (κ2) is 11.2. The fourth-order valence-corrected chi connectivity index (χ4v) is 3.61. The van der Waals surface area contributed by atoms with Gasteiger partial charge in [0.2, 0.25) is 0 Å². The predicted octanol–water partition coefficient (Wildman–Crippen LogP) is 2.08. The maximum absolute atomic E-state index is 5.87. The predicted molar refractivity (Wildman–Crippen MR) is 126 cm³/mol. The third-order valence-corrected chi connectivity index (χ3v) is 5.35. The summed E-state index contributed by atoms with van der Waals surface area (Å²) in [7, 11) is 2.17. The summed E-state index contributed by atoms with van der Waals surface area (Å²) in [6.07, 6.45) is 4.11. The normalized spacial score (nSPS) is 23.4. The number of hydrogen-bond acceptors (Lipinski definition) is 5. The first-order chi connectivity index (χ1) is 13.1. The molecule has 0 spiro atoms. The van der Waals surface area contributed by atoms with E-state index in [2.05, 4.69) is 52.4 Å². The molecular weight excluding hydrogens is 467 g/mol. The molecule has 2 saturated heterocycles. The zero-order valence-corrected chi connectivity index (χ0v) is 19.7. The molecular formula is C20H35IN6O. The monoisotopic (exact) mass is 502 g/mol. The van der Waals surface area contributed by atoms with Crippen LogP contribution in [0.1, 0.15) is 32.3 Å². The van der Waals surface area contributed by atoms with Crippen molar-refractivity contribution in [3.05, 3.63) is 23.9 Å². The molecule has 0 amide bonds. The van der Waals surface area contributed by atoms with Gasteiger partial charge >= 0.3 is 0 Å². The second-order valence-corrected chi connectivity index (χ2v) is 7.73. The van der Waals surface area contributed by atoms with Gasteiger partial charge in [0.1, 0.15) is 5.82 Å². The fourth-order valence-electron chi connectivity index (χ4n) is 3.61. The molecule has 3 heterocycles. The molecule has 1 atom stereocenters. The largest absolute Gasteiger partial charge is 0.373 e. The van der Waals surface area contributed by atoms with Gasteiger partial charge < -0.3 is 25.2 Å². The Kier molecular flexibility index (Phi) is 9.23. The number of guanidine groups is 1. The van der Waals surface area contributed by atoms with Crippen molar-refractivity contribution in [1.29, 1.82) is 0 Å². The first-order valence-corrected chi connectivity index (χ1v) is 10.1. The molecule has 0 aliphatic carbocycles. The van der Waals surface area contributed by atoms with E-state index >= 15 is 0 Å². The van der Waals surface area contributed by atoms with Crippen LogP contribution in [0.25, 0.3) is 0 Å². The van der Waals surface area contributed by atoms with E-state index in [9.17, 15) is 0 Å². The highest BCUT2D eigenvalue weighted by atomic mass is 127. The summed E-state index contributed by atoms with van der Waals surface area (Å²) in [4.78, 5) is 14.2. The number of rotatable bonds is 6. The lowest BCUT2D eigenvalue weighted by molar-refractivity contribution is 0.0243. The molecule has 2 fully saturated rings. The molecule has 1 aromatic rings. The van der Waals surface area contributed by atoms with Gasteiger partial charge in [-0.1, -0.05) is 6.07 Å². The smallest absolute Gasteiger partial charge is 0.191 e. The zero-order valence-electron chi connectivity index (χ0n) is 17.4. The lowest BCUT2D eigenvalue weighted by Crippen LogP contribution is -2.45. The Morgan fingerprint density at radius 1 is 1.29 bits per heavy atom. The summed E-state index contributed by atoms with van der Waals surface area (Å²) in [5, 5.41) is 6.79. The van der Waals surface area contributed by atoms with E-state index in [-0.39, 0.29) is 29.6 Å². The van der Waals surface area contributed by atoms with Crippen LogP contribution in [-0.4, -0.2) is 74.4 Å². The van der Waals surface area contributed by atoms with Crippen LogP contribution < -0.4 is 15.5 Å². The minimum absolute atomic E-state index is 0. The lowest BCUT2D eigenvalue weighted by Gasteiger charge is -2.34. The molecule has 8 heteroatoms. The molecule has 158 valence electrons. The van der Waals surface area contributed by atoms with Crippen LogP contribution in [0, 0.1) is 0 Å². The number of halogens is 1. The van der Waals surface area contributed by atoms with Gasteiger partial charge in [-0.3, -0.25) is 0 Å². The van der Waals surface area contributed by atoms with E-state index in [0.29, 0.717) is 6.54 Å². The first kappa shape index (κ1) is 23.2. The number of nitrogens with one attached hydrogen (secondary N) is 2. The highest BCUT2D eigenvalue weighted by Crippen LogP contribution is 2.24. The maximum Gasteiger partial charge on any atom is 0.191 e. The Morgan fingerprint density at radius 3 is 2.75 bits per heavy atom. The maximum atomic E-state index is 5.87. The third-order valence-electron chi connectivity index (χ3n) is 5.35. The molecule has 0 saturated carbocycles. The average Bonchev–Trinajstić information content (AvgIpc) is 3.12. The molecule has 2 N–H and O–H groups in total. The van der Waals surface area contributed by atoms with E-state index in [1.807, 2.05) is 12.3 Å². The molecule has 0 aromatic carbocycles. The molecule has 2 aliphatic heterocycles. The number of anilines is 1. The van der Waals surface area contributed by atoms with Gasteiger partial charge in [-0.15, -0.1) is 24.0 Å². The van der Waals surface area contributed by atoms with Crippen LogP contribution in [0.4, 0.5) is 5.82 Å². The van der Waals surface area contributed by atoms with Crippen LogP contribution in [-0.2, 0) is 11.3 Å². The molecule has 1 unspecified atom stereocenters. The van der Waals surface area contributed by atoms with E-state index in [1.54, 1.807) is 0 Å². The fraction of sp³-hybridized carbons (Fsp3) is 0.700. The summed E-state index contributed by atoms with van der Waals surface area (Å²) in [6.45, 7) is 11.5. The standard InChI is InChI=1S/C20H34N6O.HI/c1-4-21-19(24-16-20(2)8-6-14-27-20)23-15-17-7-5-9-22-18(17)26-12-10-25(3)11-13-26;/h5,7,9H,4,6,8,10-16H2,1-3H3,(H2,21,23,24);1H. The number of hydrogen-bond donors (Lipinski definition) is 2. The molecule has 0 bridgehead atoms. The summed E-state index contributed by atoms with van der Waals surface area (Å²) in [5.41, 5.74) is 1.08. The average molecular weight is 502 g/mol. The van der Waals surface area contributed by atoms with Crippen molar-refractivity contribution in [2.75, 3.05) is 57.8 Å². The third kappa shape index (κ3) is 6.45. The molecule has 28 heavy (non-hydrogen) atoms. The Hall–Kier alpha value is -1.13. The Labute approximate surface area is 186 Å². The number of aromatic nitrogens is 1. The van der Waals surface area contributed by atoms with Crippen molar-refractivity contribution in [2.45, 2.75) is 38.8 Å². The number of ether oxygens (including phenoxy) is 1. The second-order valence-electron chi connectivity index (χ2n) is 7.73. The quantitative estimate of drug-likeness (QED) is 0.353. The highest BCUT2D eigenvalue weighted by molar-refractivity contribution is 14.0. The van der Waals surface area contributed by atoms with Gasteiger partial charge in [0, 0.05) is 57.6 Å². The van der Waals surface area contributed by atoms with Crippen molar-refractivity contribution in [3.8, 4) is 0 Å². The topological polar surface area (TPSA) is 65.0 Å². The van der Waals surface area contributed by atoms with Gasteiger partial charge in [0.05, 0.1) is 12.1 Å². The van der Waals surface area contributed by atoms with Crippen LogP contribution in [0.5, 0.6) is 0 Å². The molecule has 0 radical (unpaired) electrons. The van der Waals surface area contributed by atoms with Gasteiger partial charge in [0.25, 0.3) is 0 Å². The minimum Gasteiger partial charge on any atom is -0.373 e. The van der Waals surface area contributed by atoms with Gasteiger partial charge in [-0.2, -0.15) is 0 Å². The molecule has 7 nitrogen and oxygen atoms in total. The van der Waals surface area contributed by atoms with Gasteiger partial charge in [-0.25, -0.2) is 9.98 Å². The van der Waals surface area contributed by atoms with E-state index < -0.39 is 0 Å². The number of aliphatic imine (C=N–C) groups is 1. The molecule has 2 aliphatic rings. The lowest BCUT2D eigenvalue weighted by atomic mass is 10.0. The number of piperazine rings is 1.